The third kappa shape index (κ3) is 4.43. The molecule has 0 aliphatic carbocycles. The van der Waals surface area contributed by atoms with E-state index in [-0.39, 0.29) is 12.5 Å². The summed E-state index contributed by atoms with van der Waals surface area (Å²) in [6, 6.07) is 8.53. The lowest BCUT2D eigenvalue weighted by atomic mass is 10.1. The molecule has 2 aromatic rings. The standard InChI is InChI=1S/C20H26N4OS/c1-14-4-5-16(15(2)10-14)11-22-20(21-3)23-12-19(25)24-8-6-18-17(13-24)7-9-26-18/h4-5,7,9-10H,6,8,11-13H2,1-3H3,(H2,21,22,23). The van der Waals surface area contributed by atoms with Crippen molar-refractivity contribution in [1.29, 1.82) is 0 Å². The molecule has 0 atom stereocenters. The zero-order valence-electron chi connectivity index (χ0n) is 15.6. The molecule has 5 nitrogen and oxygen atoms in total. The minimum atomic E-state index is 0.108. The van der Waals surface area contributed by atoms with Crippen LogP contribution in [0.4, 0.5) is 0 Å². The van der Waals surface area contributed by atoms with Crippen LogP contribution in [-0.2, 0) is 24.3 Å². The highest BCUT2D eigenvalue weighted by Gasteiger charge is 2.21. The molecule has 0 saturated carbocycles. The molecule has 1 aliphatic rings. The first-order valence-corrected chi connectivity index (χ1v) is 9.78. The molecular formula is C20H26N4OS. The van der Waals surface area contributed by atoms with Crippen LogP contribution in [0.3, 0.4) is 0 Å². The van der Waals surface area contributed by atoms with Gasteiger partial charge in [0.25, 0.3) is 0 Å². The van der Waals surface area contributed by atoms with Gasteiger partial charge in [-0.1, -0.05) is 23.8 Å². The van der Waals surface area contributed by atoms with Gasteiger partial charge in [0.1, 0.15) is 0 Å². The second-order valence-corrected chi connectivity index (χ2v) is 7.64. The van der Waals surface area contributed by atoms with Crippen LogP contribution >= 0.6 is 11.3 Å². The summed E-state index contributed by atoms with van der Waals surface area (Å²) < 4.78 is 0. The minimum absolute atomic E-state index is 0.108. The van der Waals surface area contributed by atoms with Crippen LogP contribution in [0.2, 0.25) is 0 Å². The molecule has 0 fully saturated rings. The zero-order chi connectivity index (χ0) is 18.5. The molecule has 0 saturated heterocycles. The number of fused-ring (bicyclic) bond motifs is 1. The van der Waals surface area contributed by atoms with E-state index in [0.29, 0.717) is 19.0 Å². The van der Waals surface area contributed by atoms with Gasteiger partial charge in [0.2, 0.25) is 5.91 Å². The summed E-state index contributed by atoms with van der Waals surface area (Å²) >= 11 is 1.78. The lowest BCUT2D eigenvalue weighted by molar-refractivity contribution is -0.130. The molecule has 0 bridgehead atoms. The summed E-state index contributed by atoms with van der Waals surface area (Å²) in [6.07, 6.45) is 0.957. The Bertz CT molecular complexity index is 812. The molecule has 26 heavy (non-hydrogen) atoms. The number of hydrogen-bond donors (Lipinski definition) is 2. The monoisotopic (exact) mass is 370 g/mol. The van der Waals surface area contributed by atoms with E-state index in [1.807, 2.05) is 4.90 Å². The van der Waals surface area contributed by atoms with E-state index in [0.717, 1.165) is 13.0 Å². The number of nitrogens with one attached hydrogen (secondary N) is 2. The van der Waals surface area contributed by atoms with E-state index < -0.39 is 0 Å². The fraction of sp³-hybridized carbons (Fsp3) is 0.400. The van der Waals surface area contributed by atoms with E-state index in [4.69, 9.17) is 0 Å². The summed E-state index contributed by atoms with van der Waals surface area (Å²) in [6.45, 7) is 6.65. The molecule has 2 N–H and O–H groups in total. The Labute approximate surface area is 159 Å². The van der Waals surface area contributed by atoms with Crippen molar-refractivity contribution in [3.05, 3.63) is 56.8 Å². The van der Waals surface area contributed by atoms with E-state index in [2.05, 4.69) is 59.1 Å². The predicted molar refractivity (Wildman–Crippen MR) is 108 cm³/mol. The molecule has 0 unspecified atom stereocenters. The third-order valence-electron chi connectivity index (χ3n) is 4.74. The zero-order valence-corrected chi connectivity index (χ0v) is 16.4. The molecule has 1 amide bonds. The predicted octanol–water partition coefficient (Wildman–Crippen LogP) is 2.61. The smallest absolute Gasteiger partial charge is 0.242 e. The number of aliphatic imine (C=N–C) groups is 1. The maximum atomic E-state index is 12.5. The van der Waals surface area contributed by atoms with Gasteiger partial charge in [0.05, 0.1) is 6.54 Å². The average Bonchev–Trinajstić information content (AvgIpc) is 3.10. The quantitative estimate of drug-likeness (QED) is 0.643. The number of thiophene rings is 1. The highest BCUT2D eigenvalue weighted by molar-refractivity contribution is 7.10. The summed E-state index contributed by atoms with van der Waals surface area (Å²) in [4.78, 5) is 20.0. The number of aryl methyl sites for hydroxylation is 2. The first-order chi connectivity index (χ1) is 12.6. The number of amides is 1. The summed E-state index contributed by atoms with van der Waals surface area (Å²) in [5.41, 5.74) is 5.02. The normalized spacial score (nSPS) is 14.1. The van der Waals surface area contributed by atoms with Gasteiger partial charge in [-0.05, 0) is 48.4 Å². The van der Waals surface area contributed by atoms with Crippen LogP contribution in [0, 0.1) is 13.8 Å². The second kappa shape index (κ2) is 8.36. The summed E-state index contributed by atoms with van der Waals surface area (Å²) in [5.74, 6) is 0.753. The number of benzene rings is 1. The van der Waals surface area contributed by atoms with E-state index >= 15 is 0 Å². The fourth-order valence-electron chi connectivity index (χ4n) is 3.18. The average molecular weight is 371 g/mol. The van der Waals surface area contributed by atoms with Crippen molar-refractivity contribution in [3.63, 3.8) is 0 Å². The lowest BCUT2D eigenvalue weighted by Crippen LogP contribution is -2.45. The molecule has 1 aromatic carbocycles. The summed E-state index contributed by atoms with van der Waals surface area (Å²) in [5, 5.41) is 8.53. The molecule has 1 aliphatic heterocycles. The van der Waals surface area contributed by atoms with Crippen molar-refractivity contribution in [3.8, 4) is 0 Å². The lowest BCUT2D eigenvalue weighted by Gasteiger charge is -2.27. The van der Waals surface area contributed by atoms with Gasteiger partial charge in [-0.2, -0.15) is 0 Å². The van der Waals surface area contributed by atoms with Crippen molar-refractivity contribution in [2.75, 3.05) is 20.1 Å². The van der Waals surface area contributed by atoms with E-state index in [1.54, 1.807) is 18.4 Å². The minimum Gasteiger partial charge on any atom is -0.352 e. The molecule has 0 radical (unpaired) electrons. The van der Waals surface area contributed by atoms with Gasteiger partial charge in [-0.3, -0.25) is 9.79 Å². The highest BCUT2D eigenvalue weighted by Crippen LogP contribution is 2.23. The number of carbonyl (C=O) groups is 1. The van der Waals surface area contributed by atoms with Crippen LogP contribution in [0.25, 0.3) is 0 Å². The first-order valence-electron chi connectivity index (χ1n) is 8.90. The van der Waals surface area contributed by atoms with Gasteiger partial charge in [-0.15, -0.1) is 11.3 Å². The highest BCUT2D eigenvalue weighted by atomic mass is 32.1. The maximum Gasteiger partial charge on any atom is 0.242 e. The molecule has 138 valence electrons. The van der Waals surface area contributed by atoms with Crippen molar-refractivity contribution < 1.29 is 4.79 Å². The number of carbonyl (C=O) groups excluding carboxylic acids is 1. The second-order valence-electron chi connectivity index (χ2n) is 6.64. The van der Waals surface area contributed by atoms with Crippen LogP contribution in [0.5, 0.6) is 0 Å². The van der Waals surface area contributed by atoms with Crippen LogP contribution < -0.4 is 10.6 Å². The first kappa shape index (κ1) is 18.5. The Morgan fingerprint density at radius 3 is 2.88 bits per heavy atom. The van der Waals surface area contributed by atoms with Crippen molar-refractivity contribution in [2.24, 2.45) is 4.99 Å². The number of rotatable bonds is 4. The van der Waals surface area contributed by atoms with E-state index in [9.17, 15) is 4.79 Å². The Morgan fingerprint density at radius 1 is 1.27 bits per heavy atom. The van der Waals surface area contributed by atoms with Crippen molar-refractivity contribution in [1.82, 2.24) is 15.5 Å². The Morgan fingerprint density at radius 2 is 2.12 bits per heavy atom. The van der Waals surface area contributed by atoms with Crippen LogP contribution in [0.1, 0.15) is 27.1 Å². The van der Waals surface area contributed by atoms with Gasteiger partial charge < -0.3 is 15.5 Å². The van der Waals surface area contributed by atoms with Gasteiger partial charge >= 0.3 is 0 Å². The Hall–Kier alpha value is -2.34. The number of nitrogens with zero attached hydrogens (tertiary/aromatic N) is 2. The molecule has 1 aromatic heterocycles. The topological polar surface area (TPSA) is 56.7 Å². The van der Waals surface area contributed by atoms with Gasteiger partial charge in [0.15, 0.2) is 5.96 Å². The van der Waals surface area contributed by atoms with Crippen molar-refractivity contribution in [2.45, 2.75) is 33.4 Å². The number of hydrogen-bond acceptors (Lipinski definition) is 3. The largest absolute Gasteiger partial charge is 0.352 e. The van der Waals surface area contributed by atoms with Gasteiger partial charge in [-0.25, -0.2) is 0 Å². The van der Waals surface area contributed by atoms with Gasteiger partial charge in [0, 0.05) is 31.6 Å². The van der Waals surface area contributed by atoms with Crippen molar-refractivity contribution >= 4 is 23.2 Å². The Balaban J connectivity index is 1.49. The fourth-order valence-corrected chi connectivity index (χ4v) is 4.07. The van der Waals surface area contributed by atoms with Crippen LogP contribution in [0.15, 0.2) is 34.6 Å². The number of guanidine groups is 1. The molecular weight excluding hydrogens is 344 g/mol. The molecule has 2 heterocycles. The molecule has 3 rings (SSSR count). The Kier molecular flexibility index (Phi) is 5.93. The van der Waals surface area contributed by atoms with Crippen LogP contribution in [-0.4, -0.2) is 36.9 Å². The summed E-state index contributed by atoms with van der Waals surface area (Å²) in [7, 11) is 1.72. The third-order valence-corrected chi connectivity index (χ3v) is 5.76. The SMILES string of the molecule is CN=C(NCC(=O)N1CCc2sccc2C1)NCc1ccc(C)cc1C. The molecule has 0 spiro atoms. The maximum absolute atomic E-state index is 12.5. The van der Waals surface area contributed by atoms with E-state index in [1.165, 1.54) is 27.1 Å². The molecule has 6 heteroatoms.